The number of nitrogen functional groups attached to an aromatic ring is 1. The van der Waals surface area contributed by atoms with E-state index < -0.39 is 5.91 Å². The van der Waals surface area contributed by atoms with Crippen LogP contribution in [0.2, 0.25) is 0 Å². The zero-order valence-corrected chi connectivity index (χ0v) is 13.3. The second kappa shape index (κ2) is 6.29. The van der Waals surface area contributed by atoms with E-state index in [1.807, 2.05) is 30.3 Å². The number of ether oxygens (including phenoxy) is 1. The number of nitrogens with two attached hydrogens (primary N) is 2. The van der Waals surface area contributed by atoms with E-state index in [2.05, 4.69) is 0 Å². The van der Waals surface area contributed by atoms with E-state index in [4.69, 9.17) is 16.2 Å². The number of amides is 2. The lowest BCUT2D eigenvalue weighted by Crippen LogP contribution is -2.36. The van der Waals surface area contributed by atoms with Gasteiger partial charge in [-0.3, -0.25) is 4.79 Å². The lowest BCUT2D eigenvalue weighted by molar-refractivity contribution is 0.0922. The molecule has 0 saturated heterocycles. The van der Waals surface area contributed by atoms with Gasteiger partial charge in [0.1, 0.15) is 6.61 Å². The second-order valence-corrected chi connectivity index (χ2v) is 6.46. The second-order valence-electron chi connectivity index (χ2n) is 5.32. The summed E-state index contributed by atoms with van der Waals surface area (Å²) in [5, 5.41) is 0.419. The molecule has 0 fully saturated rings. The number of nitrogens with zero attached hydrogens (tertiary/aromatic N) is 1. The summed E-state index contributed by atoms with van der Waals surface area (Å²) >= 11 is 1.31. The van der Waals surface area contributed by atoms with Gasteiger partial charge < -0.3 is 21.1 Å². The molecule has 0 spiro atoms. The van der Waals surface area contributed by atoms with Gasteiger partial charge in [0, 0.05) is 11.4 Å². The Hall–Kier alpha value is -2.54. The molecule has 1 aromatic carbocycles. The normalized spacial score (nSPS) is 13.5. The van der Waals surface area contributed by atoms with Crippen molar-refractivity contribution in [1.29, 1.82) is 0 Å². The molecule has 4 N–H and O–H groups in total. The number of fused-ring (bicyclic) bond motifs is 1. The van der Waals surface area contributed by atoms with E-state index in [0.717, 1.165) is 16.0 Å². The Morgan fingerprint density at radius 1 is 1.26 bits per heavy atom. The van der Waals surface area contributed by atoms with E-state index in [-0.39, 0.29) is 12.7 Å². The first-order valence-electron chi connectivity index (χ1n) is 7.21. The van der Waals surface area contributed by atoms with E-state index in [1.165, 1.54) is 11.3 Å². The Morgan fingerprint density at radius 2 is 2.00 bits per heavy atom. The van der Waals surface area contributed by atoms with Crippen LogP contribution in [0.1, 0.15) is 26.4 Å². The maximum atomic E-state index is 12.2. The molecular weight excluding hydrogens is 314 g/mol. The van der Waals surface area contributed by atoms with Crippen molar-refractivity contribution in [3.05, 3.63) is 51.9 Å². The van der Waals surface area contributed by atoms with Crippen molar-refractivity contribution in [2.24, 2.45) is 5.73 Å². The van der Waals surface area contributed by atoms with Crippen molar-refractivity contribution in [2.75, 3.05) is 12.3 Å². The summed E-state index contributed by atoms with van der Waals surface area (Å²) in [6, 6.07) is 9.52. The number of thiophene rings is 1. The van der Waals surface area contributed by atoms with E-state index in [0.29, 0.717) is 30.1 Å². The predicted octanol–water partition coefficient (Wildman–Crippen LogP) is 2.12. The van der Waals surface area contributed by atoms with Gasteiger partial charge in [-0.05, 0) is 17.5 Å². The van der Waals surface area contributed by atoms with Crippen LogP contribution >= 0.6 is 11.3 Å². The van der Waals surface area contributed by atoms with Gasteiger partial charge in [-0.2, -0.15) is 0 Å². The van der Waals surface area contributed by atoms with Crippen LogP contribution in [0, 0.1) is 0 Å². The molecule has 23 heavy (non-hydrogen) atoms. The molecule has 2 aromatic rings. The fourth-order valence-corrected chi connectivity index (χ4v) is 3.80. The van der Waals surface area contributed by atoms with Crippen molar-refractivity contribution in [2.45, 2.75) is 19.6 Å². The molecule has 0 aliphatic carbocycles. The van der Waals surface area contributed by atoms with Crippen LogP contribution in [0.3, 0.4) is 0 Å². The van der Waals surface area contributed by atoms with E-state index >= 15 is 0 Å². The average molecular weight is 331 g/mol. The molecule has 2 heterocycles. The van der Waals surface area contributed by atoms with Crippen LogP contribution < -0.4 is 11.5 Å². The van der Waals surface area contributed by atoms with Crippen molar-refractivity contribution >= 4 is 28.3 Å². The molecule has 1 aromatic heterocycles. The number of carbonyl (C=O) groups is 2. The minimum absolute atomic E-state index is 0.238. The van der Waals surface area contributed by atoms with Gasteiger partial charge in [-0.15, -0.1) is 11.3 Å². The highest BCUT2D eigenvalue weighted by molar-refractivity contribution is 7.16. The molecule has 0 bridgehead atoms. The van der Waals surface area contributed by atoms with E-state index in [1.54, 1.807) is 4.90 Å². The predicted molar refractivity (Wildman–Crippen MR) is 88.0 cm³/mol. The van der Waals surface area contributed by atoms with Gasteiger partial charge in [0.25, 0.3) is 5.91 Å². The molecule has 7 heteroatoms. The summed E-state index contributed by atoms with van der Waals surface area (Å²) in [6.45, 7) is 1.12. The van der Waals surface area contributed by atoms with Crippen molar-refractivity contribution in [1.82, 2.24) is 4.90 Å². The lowest BCUT2D eigenvalue weighted by Gasteiger charge is -2.26. The molecule has 3 rings (SSSR count). The summed E-state index contributed by atoms with van der Waals surface area (Å²) in [7, 11) is 0. The maximum absolute atomic E-state index is 12.2. The van der Waals surface area contributed by atoms with Gasteiger partial charge in [0.15, 0.2) is 0 Å². The fraction of sp³-hybridized carbons (Fsp3) is 0.250. The Kier molecular flexibility index (Phi) is 4.20. The monoisotopic (exact) mass is 331 g/mol. The smallest absolute Gasteiger partial charge is 0.410 e. The third kappa shape index (κ3) is 3.14. The molecule has 2 amide bonds. The molecule has 1 aliphatic heterocycles. The molecular formula is C16H17N3O3S. The fourth-order valence-electron chi connectivity index (χ4n) is 2.66. The van der Waals surface area contributed by atoms with Crippen LogP contribution in [0.15, 0.2) is 30.3 Å². The Labute approximate surface area is 137 Å². The third-order valence-corrected chi connectivity index (χ3v) is 4.84. The topological polar surface area (TPSA) is 98.6 Å². The largest absolute Gasteiger partial charge is 0.445 e. The third-order valence-electron chi connectivity index (χ3n) is 3.79. The van der Waals surface area contributed by atoms with Crippen molar-refractivity contribution < 1.29 is 14.3 Å². The molecule has 0 saturated carbocycles. The number of benzene rings is 1. The van der Waals surface area contributed by atoms with E-state index in [9.17, 15) is 9.59 Å². The van der Waals surface area contributed by atoms with Crippen LogP contribution in [0.25, 0.3) is 0 Å². The molecule has 0 radical (unpaired) electrons. The SMILES string of the molecule is NC(=O)c1c(N)sc2c1CCN(C(=O)OCc1ccccc1)C2. The number of hydrogen-bond acceptors (Lipinski definition) is 5. The standard InChI is InChI=1S/C16H17N3O3S/c17-14(20)13-11-6-7-19(8-12(11)23-15(13)18)16(21)22-9-10-4-2-1-3-5-10/h1-5H,6-9,18H2,(H2,17,20). The number of primary amides is 1. The first-order valence-corrected chi connectivity index (χ1v) is 8.03. The highest BCUT2D eigenvalue weighted by Crippen LogP contribution is 2.34. The summed E-state index contributed by atoms with van der Waals surface area (Å²) in [5.41, 5.74) is 13.4. The Morgan fingerprint density at radius 3 is 2.70 bits per heavy atom. The molecule has 6 nitrogen and oxygen atoms in total. The maximum Gasteiger partial charge on any atom is 0.410 e. The summed E-state index contributed by atoms with van der Waals surface area (Å²) in [4.78, 5) is 26.2. The van der Waals surface area contributed by atoms with Crippen LogP contribution in [-0.4, -0.2) is 23.4 Å². The van der Waals surface area contributed by atoms with Gasteiger partial charge in [0.05, 0.1) is 17.1 Å². The van der Waals surface area contributed by atoms with Crippen molar-refractivity contribution in [3.8, 4) is 0 Å². The van der Waals surface area contributed by atoms with Gasteiger partial charge in [-0.1, -0.05) is 30.3 Å². The number of hydrogen-bond donors (Lipinski definition) is 2. The minimum atomic E-state index is -0.514. The van der Waals surface area contributed by atoms with Gasteiger partial charge >= 0.3 is 6.09 Å². The number of carbonyl (C=O) groups excluding carboxylic acids is 2. The quantitative estimate of drug-likeness (QED) is 0.900. The van der Waals surface area contributed by atoms with Gasteiger partial charge in [0.2, 0.25) is 0 Å². The molecule has 0 unspecified atom stereocenters. The lowest BCUT2D eigenvalue weighted by atomic mass is 10.0. The summed E-state index contributed by atoms with van der Waals surface area (Å²) in [6.07, 6.45) is 0.189. The minimum Gasteiger partial charge on any atom is -0.445 e. The first kappa shape index (κ1) is 15.4. The average Bonchev–Trinajstić information content (AvgIpc) is 2.88. The van der Waals surface area contributed by atoms with Crippen LogP contribution in [0.5, 0.6) is 0 Å². The highest BCUT2D eigenvalue weighted by Gasteiger charge is 2.28. The van der Waals surface area contributed by atoms with Crippen molar-refractivity contribution in [3.63, 3.8) is 0 Å². The molecule has 1 aliphatic rings. The number of rotatable bonds is 3. The Balaban J connectivity index is 1.66. The highest BCUT2D eigenvalue weighted by atomic mass is 32.1. The van der Waals surface area contributed by atoms with Gasteiger partial charge in [-0.25, -0.2) is 4.79 Å². The zero-order chi connectivity index (χ0) is 16.4. The molecule has 0 atom stereocenters. The zero-order valence-electron chi connectivity index (χ0n) is 12.5. The number of anilines is 1. The molecule has 120 valence electrons. The summed E-state index contributed by atoms with van der Waals surface area (Å²) in [5.74, 6) is -0.514. The first-order chi connectivity index (χ1) is 11.1. The Bertz CT molecular complexity index is 743. The van der Waals surface area contributed by atoms with Crippen LogP contribution in [0.4, 0.5) is 9.80 Å². The summed E-state index contributed by atoms with van der Waals surface area (Å²) < 4.78 is 5.34. The van der Waals surface area contributed by atoms with Crippen LogP contribution in [-0.2, 0) is 24.3 Å².